The molecule has 0 aromatic heterocycles. The van der Waals surface area contributed by atoms with E-state index in [-0.39, 0.29) is 17.6 Å². The van der Waals surface area contributed by atoms with E-state index in [9.17, 15) is 5.11 Å². The van der Waals surface area contributed by atoms with Crippen LogP contribution in [0.25, 0.3) is 0 Å². The van der Waals surface area contributed by atoms with Crippen LogP contribution in [0.4, 0.5) is 0 Å². The molecule has 1 heterocycles. The highest BCUT2D eigenvalue weighted by atomic mass is 16.5. The summed E-state index contributed by atoms with van der Waals surface area (Å²) in [5.41, 5.74) is 5.17. The minimum atomic E-state index is 0.218. The van der Waals surface area contributed by atoms with Gasteiger partial charge in [-0.1, -0.05) is 86.8 Å². The minimum absolute atomic E-state index is 0.218. The number of hydrogen-bond acceptors (Lipinski definition) is 2. The lowest BCUT2D eigenvalue weighted by molar-refractivity contribution is 0.248. The van der Waals surface area contributed by atoms with E-state index in [2.05, 4.69) is 61.5 Å². The second kappa shape index (κ2) is 9.17. The Bertz CT molecular complexity index is 915. The predicted molar refractivity (Wildman–Crippen MR) is 119 cm³/mol. The van der Waals surface area contributed by atoms with Crippen LogP contribution in [0.15, 0.2) is 72.8 Å². The fraction of sp³-hybridized carbons (Fsp3) is 0.333. The monoisotopic (exact) mass is 386 g/mol. The highest BCUT2D eigenvalue weighted by molar-refractivity contribution is 5.50. The molecule has 3 aromatic rings. The number of hydrogen-bond donors (Lipinski definition) is 1. The molecule has 0 aliphatic carbocycles. The zero-order valence-electron chi connectivity index (χ0n) is 17.2. The van der Waals surface area contributed by atoms with Gasteiger partial charge in [-0.3, -0.25) is 0 Å². The molecule has 0 saturated carbocycles. The number of aryl methyl sites for hydroxylation is 1. The third-order valence-electron chi connectivity index (χ3n) is 6.04. The molecule has 0 radical (unpaired) electrons. The standard InChI is InChI=1S/C27H30O2/c1-2-3-4-6-9-20-12-14-22(15-13-20)27-24-17-16-23(28)18-26(24)29-19-25(27)21-10-7-5-8-11-21/h5,7-8,10-18,25,27-28H,2-4,6,9,19H2,1H3. The Hall–Kier alpha value is -2.74. The Kier molecular flexibility index (Phi) is 6.19. The summed E-state index contributed by atoms with van der Waals surface area (Å²) < 4.78 is 6.06. The first kappa shape index (κ1) is 19.6. The number of unbranched alkanes of at least 4 members (excludes halogenated alkanes) is 3. The van der Waals surface area contributed by atoms with Gasteiger partial charge < -0.3 is 9.84 Å². The molecule has 4 rings (SSSR count). The van der Waals surface area contributed by atoms with Crippen LogP contribution in [0.2, 0.25) is 0 Å². The predicted octanol–water partition coefficient (Wildman–Crippen LogP) is 6.82. The average molecular weight is 387 g/mol. The molecule has 2 atom stereocenters. The number of fused-ring (bicyclic) bond motifs is 1. The van der Waals surface area contributed by atoms with E-state index in [0.717, 1.165) is 17.7 Å². The van der Waals surface area contributed by atoms with E-state index >= 15 is 0 Å². The quantitative estimate of drug-likeness (QED) is 0.451. The van der Waals surface area contributed by atoms with E-state index in [1.165, 1.54) is 42.4 Å². The summed E-state index contributed by atoms with van der Waals surface area (Å²) >= 11 is 0. The van der Waals surface area contributed by atoms with Gasteiger partial charge in [-0.05, 0) is 35.6 Å². The van der Waals surface area contributed by atoms with Crippen molar-refractivity contribution >= 4 is 0 Å². The maximum absolute atomic E-state index is 9.90. The van der Waals surface area contributed by atoms with Gasteiger partial charge in [0.2, 0.25) is 0 Å². The van der Waals surface area contributed by atoms with Gasteiger partial charge in [-0.25, -0.2) is 0 Å². The van der Waals surface area contributed by atoms with Crippen LogP contribution in [0.1, 0.15) is 66.7 Å². The van der Waals surface area contributed by atoms with Gasteiger partial charge >= 0.3 is 0 Å². The topological polar surface area (TPSA) is 29.5 Å². The van der Waals surface area contributed by atoms with E-state index in [1.807, 2.05) is 6.07 Å². The Morgan fingerprint density at radius 2 is 1.66 bits per heavy atom. The summed E-state index contributed by atoms with van der Waals surface area (Å²) in [6.07, 6.45) is 6.33. The lowest BCUT2D eigenvalue weighted by atomic mass is 9.75. The van der Waals surface area contributed by atoms with Gasteiger partial charge in [0, 0.05) is 23.5 Å². The lowest BCUT2D eigenvalue weighted by Gasteiger charge is -2.34. The van der Waals surface area contributed by atoms with E-state index in [4.69, 9.17) is 4.74 Å². The molecule has 2 heteroatoms. The summed E-state index contributed by atoms with van der Waals surface area (Å²) in [6, 6.07) is 25.3. The maximum atomic E-state index is 9.90. The van der Waals surface area contributed by atoms with Gasteiger partial charge in [-0.15, -0.1) is 0 Å². The molecule has 29 heavy (non-hydrogen) atoms. The molecular weight excluding hydrogens is 356 g/mol. The summed E-state index contributed by atoms with van der Waals surface area (Å²) in [4.78, 5) is 0. The highest BCUT2D eigenvalue weighted by Gasteiger charge is 2.33. The number of aromatic hydroxyl groups is 1. The van der Waals surface area contributed by atoms with Crippen molar-refractivity contribution in [1.82, 2.24) is 0 Å². The molecule has 0 spiro atoms. The molecule has 1 N–H and O–H groups in total. The molecule has 3 aromatic carbocycles. The SMILES string of the molecule is CCCCCCc1ccc(C2c3ccc(O)cc3OCC2c2ccccc2)cc1. The van der Waals surface area contributed by atoms with Gasteiger partial charge in [0.1, 0.15) is 11.5 Å². The van der Waals surface area contributed by atoms with Gasteiger partial charge in [-0.2, -0.15) is 0 Å². The van der Waals surface area contributed by atoms with Crippen LogP contribution in [-0.4, -0.2) is 11.7 Å². The van der Waals surface area contributed by atoms with Crippen LogP contribution in [0.3, 0.4) is 0 Å². The third kappa shape index (κ3) is 4.48. The molecule has 2 nitrogen and oxygen atoms in total. The summed E-state index contributed by atoms with van der Waals surface area (Å²) in [7, 11) is 0. The Labute approximate surface area is 174 Å². The molecular formula is C27H30O2. The summed E-state index contributed by atoms with van der Waals surface area (Å²) in [6.45, 7) is 2.87. The number of ether oxygens (including phenoxy) is 1. The molecule has 1 aliphatic rings. The average Bonchev–Trinajstić information content (AvgIpc) is 2.77. The first-order valence-electron chi connectivity index (χ1n) is 10.9. The normalized spacial score (nSPS) is 18.1. The Balaban J connectivity index is 1.64. The van der Waals surface area contributed by atoms with E-state index < -0.39 is 0 Å². The van der Waals surface area contributed by atoms with Gasteiger partial charge in [0.05, 0.1) is 6.61 Å². The zero-order chi connectivity index (χ0) is 20.1. The fourth-order valence-corrected chi connectivity index (χ4v) is 4.45. The van der Waals surface area contributed by atoms with Crippen LogP contribution < -0.4 is 4.74 Å². The van der Waals surface area contributed by atoms with Crippen molar-refractivity contribution in [3.63, 3.8) is 0 Å². The molecule has 0 saturated heterocycles. The number of phenolic OH excluding ortho intramolecular Hbond substituents is 1. The second-order valence-electron chi connectivity index (χ2n) is 8.08. The van der Waals surface area contributed by atoms with Crippen molar-refractivity contribution in [2.24, 2.45) is 0 Å². The molecule has 0 fully saturated rings. The lowest BCUT2D eigenvalue weighted by Crippen LogP contribution is -2.25. The Morgan fingerprint density at radius 3 is 2.41 bits per heavy atom. The van der Waals surface area contributed by atoms with Gasteiger partial charge in [0.15, 0.2) is 0 Å². The third-order valence-corrected chi connectivity index (χ3v) is 6.04. The molecule has 2 unspecified atom stereocenters. The minimum Gasteiger partial charge on any atom is -0.508 e. The molecule has 0 amide bonds. The van der Waals surface area contributed by atoms with Crippen molar-refractivity contribution in [3.8, 4) is 11.5 Å². The van der Waals surface area contributed by atoms with Crippen LogP contribution in [0, 0.1) is 0 Å². The summed E-state index contributed by atoms with van der Waals surface area (Å²) in [5.74, 6) is 1.52. The van der Waals surface area contributed by atoms with Crippen molar-refractivity contribution in [2.75, 3.05) is 6.61 Å². The van der Waals surface area contributed by atoms with E-state index in [1.54, 1.807) is 12.1 Å². The van der Waals surface area contributed by atoms with E-state index in [0.29, 0.717) is 6.61 Å². The summed E-state index contributed by atoms with van der Waals surface area (Å²) in [5, 5.41) is 9.90. The van der Waals surface area contributed by atoms with Crippen molar-refractivity contribution < 1.29 is 9.84 Å². The second-order valence-corrected chi connectivity index (χ2v) is 8.08. The number of phenols is 1. The van der Waals surface area contributed by atoms with Crippen molar-refractivity contribution in [1.29, 1.82) is 0 Å². The smallest absolute Gasteiger partial charge is 0.126 e. The highest BCUT2D eigenvalue weighted by Crippen LogP contribution is 2.46. The first-order chi connectivity index (χ1) is 14.3. The van der Waals surface area contributed by atoms with Crippen LogP contribution in [0.5, 0.6) is 11.5 Å². The number of rotatable bonds is 7. The van der Waals surface area contributed by atoms with Crippen LogP contribution in [-0.2, 0) is 6.42 Å². The van der Waals surface area contributed by atoms with Crippen molar-refractivity contribution in [3.05, 3.63) is 95.1 Å². The maximum Gasteiger partial charge on any atom is 0.126 e. The molecule has 150 valence electrons. The Morgan fingerprint density at radius 1 is 0.862 bits per heavy atom. The molecule has 0 bridgehead atoms. The largest absolute Gasteiger partial charge is 0.508 e. The van der Waals surface area contributed by atoms with Gasteiger partial charge in [0.25, 0.3) is 0 Å². The van der Waals surface area contributed by atoms with Crippen molar-refractivity contribution in [2.45, 2.75) is 50.9 Å². The molecule has 1 aliphatic heterocycles. The zero-order valence-corrected chi connectivity index (χ0v) is 17.2. The first-order valence-corrected chi connectivity index (χ1v) is 10.9. The number of benzene rings is 3. The van der Waals surface area contributed by atoms with Crippen LogP contribution >= 0.6 is 0 Å². The fourth-order valence-electron chi connectivity index (χ4n) is 4.45.